The third-order valence-electron chi connectivity index (χ3n) is 3.76. The molecule has 0 spiro atoms. The van der Waals surface area contributed by atoms with E-state index in [9.17, 15) is 9.59 Å². The number of amides is 2. The monoisotopic (exact) mass is 343 g/mol. The second kappa shape index (κ2) is 5.45. The summed E-state index contributed by atoms with van der Waals surface area (Å²) in [6.07, 6.45) is 0. The molecule has 2 aromatic rings. The van der Waals surface area contributed by atoms with E-state index in [1.807, 2.05) is 37.3 Å². The van der Waals surface area contributed by atoms with Crippen molar-refractivity contribution in [2.45, 2.75) is 12.8 Å². The fourth-order valence-corrected chi connectivity index (χ4v) is 2.95. The van der Waals surface area contributed by atoms with Gasteiger partial charge in [0.15, 0.2) is 0 Å². The maximum Gasteiger partial charge on any atom is 0.261 e. The molecule has 21 heavy (non-hydrogen) atoms. The minimum Gasteiger partial charge on any atom is -0.274 e. The fourth-order valence-electron chi connectivity index (χ4n) is 2.59. The maximum absolute atomic E-state index is 12.4. The summed E-state index contributed by atoms with van der Waals surface area (Å²) in [5.74, 6) is -0.304. The van der Waals surface area contributed by atoms with Gasteiger partial charge < -0.3 is 0 Å². The normalized spacial score (nSPS) is 15.2. The molecular formula is C17H14BrNO2. The number of carbonyl (C=O) groups excluding carboxylic acids is 2. The number of nitrogens with zero attached hydrogens (tertiary/aromatic N) is 1. The molecule has 1 unspecified atom stereocenters. The molecule has 0 fully saturated rings. The Morgan fingerprint density at radius 1 is 1.00 bits per heavy atom. The molecule has 0 saturated heterocycles. The Kier molecular flexibility index (Phi) is 3.64. The molecule has 0 bridgehead atoms. The molecule has 4 heteroatoms. The SMILES string of the molecule is CC(CN1C(=O)c2ccc(Br)cc2C1=O)c1ccccc1. The van der Waals surface area contributed by atoms with Crippen LogP contribution in [0.25, 0.3) is 0 Å². The van der Waals surface area contributed by atoms with Crippen LogP contribution in [0, 0.1) is 0 Å². The molecule has 0 N–H and O–H groups in total. The minimum absolute atomic E-state index is 0.108. The summed E-state index contributed by atoms with van der Waals surface area (Å²) in [7, 11) is 0. The molecule has 2 amide bonds. The van der Waals surface area contributed by atoms with Crippen LogP contribution in [0.3, 0.4) is 0 Å². The first-order chi connectivity index (χ1) is 10.1. The summed E-state index contributed by atoms with van der Waals surface area (Å²) in [5, 5.41) is 0. The molecular weight excluding hydrogens is 330 g/mol. The Bertz CT molecular complexity index is 712. The highest BCUT2D eigenvalue weighted by molar-refractivity contribution is 9.10. The molecule has 1 heterocycles. The van der Waals surface area contributed by atoms with Crippen molar-refractivity contribution in [3.8, 4) is 0 Å². The Labute approximate surface area is 131 Å². The van der Waals surface area contributed by atoms with Crippen LogP contribution in [-0.4, -0.2) is 23.3 Å². The molecule has 0 saturated carbocycles. The fraction of sp³-hybridized carbons (Fsp3) is 0.176. The number of fused-ring (bicyclic) bond motifs is 1. The van der Waals surface area contributed by atoms with Gasteiger partial charge in [-0.3, -0.25) is 14.5 Å². The van der Waals surface area contributed by atoms with E-state index in [2.05, 4.69) is 15.9 Å². The van der Waals surface area contributed by atoms with Gasteiger partial charge in [0.05, 0.1) is 11.1 Å². The largest absolute Gasteiger partial charge is 0.274 e. The summed E-state index contributed by atoms with van der Waals surface area (Å²) in [6, 6.07) is 15.1. The Balaban J connectivity index is 1.85. The molecule has 0 aliphatic carbocycles. The number of hydrogen-bond acceptors (Lipinski definition) is 2. The van der Waals surface area contributed by atoms with Crippen molar-refractivity contribution in [1.29, 1.82) is 0 Å². The molecule has 3 rings (SSSR count). The van der Waals surface area contributed by atoms with Crippen LogP contribution in [0.4, 0.5) is 0 Å². The van der Waals surface area contributed by atoms with E-state index in [1.54, 1.807) is 18.2 Å². The molecule has 3 nitrogen and oxygen atoms in total. The van der Waals surface area contributed by atoms with Gasteiger partial charge in [0.1, 0.15) is 0 Å². The van der Waals surface area contributed by atoms with Crippen molar-refractivity contribution in [2.75, 3.05) is 6.54 Å². The molecule has 1 atom stereocenters. The second-order valence-corrected chi connectivity index (χ2v) is 6.14. The van der Waals surface area contributed by atoms with Gasteiger partial charge >= 0.3 is 0 Å². The van der Waals surface area contributed by atoms with Crippen molar-refractivity contribution in [3.05, 3.63) is 69.7 Å². The van der Waals surface area contributed by atoms with E-state index >= 15 is 0 Å². The topological polar surface area (TPSA) is 37.4 Å². The first-order valence-electron chi connectivity index (χ1n) is 6.78. The number of hydrogen-bond donors (Lipinski definition) is 0. The number of carbonyl (C=O) groups is 2. The minimum atomic E-state index is -0.209. The molecule has 0 radical (unpaired) electrons. The lowest BCUT2D eigenvalue weighted by atomic mass is 10.0. The number of halogens is 1. The lowest BCUT2D eigenvalue weighted by Crippen LogP contribution is -2.33. The van der Waals surface area contributed by atoms with Crippen molar-refractivity contribution in [2.24, 2.45) is 0 Å². The highest BCUT2D eigenvalue weighted by Gasteiger charge is 2.36. The molecule has 1 aliphatic heterocycles. The Morgan fingerprint density at radius 2 is 1.67 bits per heavy atom. The van der Waals surface area contributed by atoms with Gasteiger partial charge in [-0.15, -0.1) is 0 Å². The predicted octanol–water partition coefficient (Wildman–Crippen LogP) is 3.85. The molecule has 106 valence electrons. The van der Waals surface area contributed by atoms with Gasteiger partial charge in [0.2, 0.25) is 0 Å². The highest BCUT2D eigenvalue weighted by Crippen LogP contribution is 2.28. The first-order valence-corrected chi connectivity index (χ1v) is 7.58. The summed E-state index contributed by atoms with van der Waals surface area (Å²) >= 11 is 3.34. The van der Waals surface area contributed by atoms with Crippen LogP contribution < -0.4 is 0 Å². The van der Waals surface area contributed by atoms with E-state index in [-0.39, 0.29) is 17.7 Å². The summed E-state index contributed by atoms with van der Waals surface area (Å²) in [4.78, 5) is 26.1. The average Bonchev–Trinajstić information content (AvgIpc) is 2.73. The lowest BCUT2D eigenvalue weighted by molar-refractivity contribution is 0.0646. The zero-order valence-corrected chi connectivity index (χ0v) is 13.1. The number of imide groups is 1. The summed E-state index contributed by atoms with van der Waals surface area (Å²) < 4.78 is 0.806. The Hall–Kier alpha value is -1.94. The van der Waals surface area contributed by atoms with Crippen LogP contribution >= 0.6 is 15.9 Å². The van der Waals surface area contributed by atoms with Crippen LogP contribution in [0.15, 0.2) is 53.0 Å². The van der Waals surface area contributed by atoms with E-state index in [1.165, 1.54) is 4.90 Å². The Morgan fingerprint density at radius 3 is 2.38 bits per heavy atom. The molecule has 2 aromatic carbocycles. The standard InChI is InChI=1S/C17H14BrNO2/c1-11(12-5-3-2-4-6-12)10-19-16(20)14-8-7-13(18)9-15(14)17(19)21/h2-9,11H,10H2,1H3. The van der Waals surface area contributed by atoms with Crippen molar-refractivity contribution in [1.82, 2.24) is 4.90 Å². The van der Waals surface area contributed by atoms with E-state index in [0.717, 1.165) is 10.0 Å². The third kappa shape index (κ3) is 2.51. The number of benzene rings is 2. The number of rotatable bonds is 3. The first kappa shape index (κ1) is 14.0. The van der Waals surface area contributed by atoms with Crippen LogP contribution in [0.2, 0.25) is 0 Å². The highest BCUT2D eigenvalue weighted by atomic mass is 79.9. The van der Waals surface area contributed by atoms with Crippen LogP contribution in [-0.2, 0) is 0 Å². The van der Waals surface area contributed by atoms with Gasteiger partial charge in [0.25, 0.3) is 11.8 Å². The third-order valence-corrected chi connectivity index (χ3v) is 4.25. The molecule has 1 aliphatic rings. The van der Waals surface area contributed by atoms with E-state index in [0.29, 0.717) is 17.7 Å². The van der Waals surface area contributed by atoms with Gasteiger partial charge in [0, 0.05) is 11.0 Å². The van der Waals surface area contributed by atoms with Gasteiger partial charge in [-0.05, 0) is 29.7 Å². The summed E-state index contributed by atoms with van der Waals surface area (Å²) in [5.41, 5.74) is 2.09. The molecule has 0 aromatic heterocycles. The van der Waals surface area contributed by atoms with Crippen molar-refractivity contribution < 1.29 is 9.59 Å². The van der Waals surface area contributed by atoms with E-state index < -0.39 is 0 Å². The van der Waals surface area contributed by atoms with E-state index in [4.69, 9.17) is 0 Å². The smallest absolute Gasteiger partial charge is 0.261 e. The van der Waals surface area contributed by atoms with Gasteiger partial charge in [-0.1, -0.05) is 53.2 Å². The second-order valence-electron chi connectivity index (χ2n) is 5.22. The summed E-state index contributed by atoms with van der Waals surface area (Å²) in [6.45, 7) is 2.42. The van der Waals surface area contributed by atoms with Crippen LogP contribution in [0.5, 0.6) is 0 Å². The van der Waals surface area contributed by atoms with Gasteiger partial charge in [-0.25, -0.2) is 0 Å². The predicted molar refractivity (Wildman–Crippen MR) is 84.4 cm³/mol. The lowest BCUT2D eigenvalue weighted by Gasteiger charge is -2.19. The average molecular weight is 344 g/mol. The van der Waals surface area contributed by atoms with Crippen LogP contribution in [0.1, 0.15) is 39.1 Å². The van der Waals surface area contributed by atoms with Gasteiger partial charge in [-0.2, -0.15) is 0 Å². The van der Waals surface area contributed by atoms with Crippen molar-refractivity contribution >= 4 is 27.7 Å². The van der Waals surface area contributed by atoms with Crippen molar-refractivity contribution in [3.63, 3.8) is 0 Å². The zero-order chi connectivity index (χ0) is 15.0. The quantitative estimate of drug-likeness (QED) is 0.793. The zero-order valence-electron chi connectivity index (χ0n) is 11.5. The maximum atomic E-state index is 12.4.